The summed E-state index contributed by atoms with van der Waals surface area (Å²) in [5.74, 6) is -0.760. The van der Waals surface area contributed by atoms with Crippen molar-refractivity contribution < 1.29 is 19.1 Å². The van der Waals surface area contributed by atoms with Gasteiger partial charge in [-0.2, -0.15) is 0 Å². The Balaban J connectivity index is 2.23. The van der Waals surface area contributed by atoms with Gasteiger partial charge in [-0.05, 0) is 24.5 Å². The van der Waals surface area contributed by atoms with Gasteiger partial charge in [0.05, 0.1) is 13.2 Å². The number of esters is 2. The van der Waals surface area contributed by atoms with E-state index < -0.39 is 11.9 Å². The van der Waals surface area contributed by atoms with Gasteiger partial charge in [0.1, 0.15) is 11.4 Å². The third-order valence-electron chi connectivity index (χ3n) is 4.20. The van der Waals surface area contributed by atoms with Crippen molar-refractivity contribution in [2.24, 2.45) is 5.92 Å². The number of carbonyl (C=O) groups is 2. The van der Waals surface area contributed by atoms with E-state index in [1.165, 1.54) is 44.9 Å². The Bertz CT molecular complexity index is 557. The van der Waals surface area contributed by atoms with Crippen molar-refractivity contribution in [1.82, 2.24) is 4.98 Å². The van der Waals surface area contributed by atoms with Crippen LogP contribution in [0, 0.1) is 5.92 Å². The minimum absolute atomic E-state index is 0.133. The Labute approximate surface area is 163 Å². The fourth-order valence-electron chi connectivity index (χ4n) is 2.63. The summed E-state index contributed by atoms with van der Waals surface area (Å²) in [6, 6.07) is 4.71. The smallest absolute Gasteiger partial charge is 0.356 e. The first-order valence-electron chi connectivity index (χ1n) is 10.4. The fourth-order valence-corrected chi connectivity index (χ4v) is 2.63. The van der Waals surface area contributed by atoms with Gasteiger partial charge >= 0.3 is 11.9 Å². The number of rotatable bonds is 14. The summed E-state index contributed by atoms with van der Waals surface area (Å²) in [4.78, 5) is 28.1. The normalized spacial score (nSPS) is 10.8. The molecule has 5 heteroatoms. The zero-order valence-corrected chi connectivity index (χ0v) is 17.2. The highest BCUT2D eigenvalue weighted by atomic mass is 16.5. The van der Waals surface area contributed by atoms with Crippen molar-refractivity contribution in [3.63, 3.8) is 0 Å². The molecule has 1 aromatic heterocycles. The van der Waals surface area contributed by atoms with Gasteiger partial charge in [0.15, 0.2) is 0 Å². The monoisotopic (exact) mass is 377 g/mol. The van der Waals surface area contributed by atoms with Crippen molar-refractivity contribution in [3.8, 4) is 0 Å². The van der Waals surface area contributed by atoms with E-state index in [1.807, 2.05) is 13.8 Å². The summed E-state index contributed by atoms with van der Waals surface area (Å²) in [7, 11) is 0. The van der Waals surface area contributed by atoms with Crippen LogP contribution in [-0.2, 0) is 9.47 Å². The number of ether oxygens (including phenoxy) is 2. The second-order valence-electron chi connectivity index (χ2n) is 7.36. The van der Waals surface area contributed by atoms with E-state index >= 15 is 0 Å². The lowest BCUT2D eigenvalue weighted by Crippen LogP contribution is -2.15. The van der Waals surface area contributed by atoms with Crippen molar-refractivity contribution >= 4 is 11.9 Å². The molecule has 0 amide bonds. The lowest BCUT2D eigenvalue weighted by atomic mass is 10.1. The summed E-state index contributed by atoms with van der Waals surface area (Å²) in [5, 5.41) is 0. The highest BCUT2D eigenvalue weighted by Crippen LogP contribution is 2.10. The van der Waals surface area contributed by atoms with E-state index in [9.17, 15) is 9.59 Å². The molecule has 0 saturated heterocycles. The van der Waals surface area contributed by atoms with Gasteiger partial charge in [-0.3, -0.25) is 0 Å². The molecule has 0 aromatic carbocycles. The quantitative estimate of drug-likeness (QED) is 0.313. The van der Waals surface area contributed by atoms with Crippen molar-refractivity contribution in [1.29, 1.82) is 0 Å². The van der Waals surface area contributed by atoms with E-state index in [1.54, 1.807) is 18.2 Å². The van der Waals surface area contributed by atoms with Gasteiger partial charge in [0.2, 0.25) is 0 Å². The Morgan fingerprint density at radius 1 is 0.852 bits per heavy atom. The van der Waals surface area contributed by atoms with Gasteiger partial charge < -0.3 is 9.47 Å². The molecule has 0 atom stereocenters. The second-order valence-corrected chi connectivity index (χ2v) is 7.36. The van der Waals surface area contributed by atoms with Gasteiger partial charge in [-0.15, -0.1) is 0 Å². The first kappa shape index (κ1) is 23.1. The average Bonchev–Trinajstić information content (AvgIpc) is 2.67. The maximum atomic E-state index is 12.1. The SMILES string of the molecule is CCCCCCCCCCCOC(=O)c1cccc(C(=O)OCC(C)C)n1. The minimum atomic E-state index is -0.516. The van der Waals surface area contributed by atoms with Crippen molar-refractivity contribution in [2.75, 3.05) is 13.2 Å². The first-order chi connectivity index (χ1) is 13.0. The molecule has 1 heterocycles. The molecule has 0 saturated carbocycles. The Kier molecular flexibility index (Phi) is 12.2. The Morgan fingerprint density at radius 3 is 1.93 bits per heavy atom. The Morgan fingerprint density at radius 2 is 1.37 bits per heavy atom. The van der Waals surface area contributed by atoms with Gasteiger partial charge in [0, 0.05) is 0 Å². The van der Waals surface area contributed by atoms with Crippen LogP contribution in [0.15, 0.2) is 18.2 Å². The zero-order valence-electron chi connectivity index (χ0n) is 17.2. The first-order valence-corrected chi connectivity index (χ1v) is 10.4. The molecule has 0 radical (unpaired) electrons. The van der Waals surface area contributed by atoms with Crippen LogP contribution in [0.5, 0.6) is 0 Å². The number of hydrogen-bond acceptors (Lipinski definition) is 5. The third kappa shape index (κ3) is 10.7. The van der Waals surface area contributed by atoms with E-state index in [-0.39, 0.29) is 17.3 Å². The minimum Gasteiger partial charge on any atom is -0.461 e. The van der Waals surface area contributed by atoms with Crippen LogP contribution in [0.25, 0.3) is 0 Å². The van der Waals surface area contributed by atoms with E-state index in [4.69, 9.17) is 9.47 Å². The molecule has 152 valence electrons. The molecule has 1 rings (SSSR count). The van der Waals surface area contributed by atoms with Crippen LogP contribution < -0.4 is 0 Å². The van der Waals surface area contributed by atoms with Crippen LogP contribution in [0.4, 0.5) is 0 Å². The molecule has 0 spiro atoms. The van der Waals surface area contributed by atoms with Gasteiger partial charge in [-0.25, -0.2) is 14.6 Å². The van der Waals surface area contributed by atoms with Gasteiger partial charge in [0.25, 0.3) is 0 Å². The topological polar surface area (TPSA) is 65.5 Å². The van der Waals surface area contributed by atoms with E-state index in [2.05, 4.69) is 11.9 Å². The molecular weight excluding hydrogens is 342 g/mol. The number of carbonyl (C=O) groups excluding carboxylic acids is 2. The molecule has 0 aliphatic heterocycles. The highest BCUT2D eigenvalue weighted by molar-refractivity contribution is 5.91. The molecule has 27 heavy (non-hydrogen) atoms. The lowest BCUT2D eigenvalue weighted by Gasteiger charge is -2.08. The summed E-state index contributed by atoms with van der Waals surface area (Å²) in [6.45, 7) is 6.86. The highest BCUT2D eigenvalue weighted by Gasteiger charge is 2.14. The van der Waals surface area contributed by atoms with Crippen LogP contribution in [-0.4, -0.2) is 30.1 Å². The molecule has 0 fully saturated rings. The molecule has 0 unspecified atom stereocenters. The summed E-state index contributed by atoms with van der Waals surface area (Å²) >= 11 is 0. The molecular formula is C22H35NO4. The Hall–Kier alpha value is -1.91. The second kappa shape index (κ2) is 14.2. The molecule has 0 aliphatic carbocycles. The molecule has 5 nitrogen and oxygen atoms in total. The predicted octanol–water partition coefficient (Wildman–Crippen LogP) is 5.58. The van der Waals surface area contributed by atoms with Crippen LogP contribution >= 0.6 is 0 Å². The van der Waals surface area contributed by atoms with Crippen LogP contribution in [0.3, 0.4) is 0 Å². The molecule has 0 bridgehead atoms. The standard InChI is InChI=1S/C22H35NO4/c1-4-5-6-7-8-9-10-11-12-16-26-21(24)19-14-13-15-20(23-19)22(25)27-17-18(2)3/h13-15,18H,4-12,16-17H2,1-3H3. The predicted molar refractivity (Wildman–Crippen MR) is 107 cm³/mol. The van der Waals surface area contributed by atoms with Crippen LogP contribution in [0.2, 0.25) is 0 Å². The lowest BCUT2D eigenvalue weighted by molar-refractivity contribution is 0.0450. The van der Waals surface area contributed by atoms with Crippen molar-refractivity contribution in [3.05, 3.63) is 29.6 Å². The summed E-state index contributed by atoms with van der Waals surface area (Å²) < 4.78 is 10.4. The third-order valence-corrected chi connectivity index (χ3v) is 4.20. The number of nitrogens with zero attached hydrogens (tertiary/aromatic N) is 1. The fraction of sp³-hybridized carbons (Fsp3) is 0.682. The maximum Gasteiger partial charge on any atom is 0.356 e. The zero-order chi connectivity index (χ0) is 19.9. The summed E-state index contributed by atoms with van der Waals surface area (Å²) in [5.41, 5.74) is 0.276. The number of aromatic nitrogens is 1. The number of hydrogen-bond donors (Lipinski definition) is 0. The largest absolute Gasteiger partial charge is 0.461 e. The molecule has 1 aromatic rings. The van der Waals surface area contributed by atoms with E-state index in [0.29, 0.717) is 13.2 Å². The van der Waals surface area contributed by atoms with E-state index in [0.717, 1.165) is 12.8 Å². The van der Waals surface area contributed by atoms with Gasteiger partial charge in [-0.1, -0.05) is 78.2 Å². The number of pyridine rings is 1. The average molecular weight is 378 g/mol. The maximum absolute atomic E-state index is 12.1. The van der Waals surface area contributed by atoms with Crippen molar-refractivity contribution in [2.45, 2.75) is 78.6 Å². The number of unbranched alkanes of at least 4 members (excludes halogenated alkanes) is 8. The van der Waals surface area contributed by atoms with Crippen LogP contribution in [0.1, 0.15) is 99.5 Å². The molecule has 0 aliphatic rings. The molecule has 0 N–H and O–H groups in total. The summed E-state index contributed by atoms with van der Waals surface area (Å²) in [6.07, 6.45) is 10.9.